The molecule has 1 aliphatic carbocycles. The van der Waals surface area contributed by atoms with Crippen LogP contribution in [0.1, 0.15) is 35.3 Å². The van der Waals surface area contributed by atoms with Crippen LogP contribution in [0.25, 0.3) is 5.69 Å². The van der Waals surface area contributed by atoms with E-state index in [0.29, 0.717) is 36.3 Å². The third-order valence-electron chi connectivity index (χ3n) is 4.87. The Hall–Kier alpha value is -2.68. The van der Waals surface area contributed by atoms with Crippen molar-refractivity contribution >= 4 is 27.4 Å². The molecule has 0 unspecified atom stereocenters. The first kappa shape index (κ1) is 18.1. The summed E-state index contributed by atoms with van der Waals surface area (Å²) in [4.78, 5) is 23.7. The molecule has 1 aliphatic rings. The second kappa shape index (κ2) is 6.24. The number of amides is 1. The normalized spacial score (nSPS) is 15.9. The summed E-state index contributed by atoms with van der Waals surface area (Å²) in [5.41, 5.74) is 1.53. The SMILES string of the molecule is Cc1c(C(=O)O)cnn1-c1cccc(NC(=O)C2(S(C)(=O)=O)CCC2)c1. The summed E-state index contributed by atoms with van der Waals surface area (Å²) < 4.78 is 24.2. The van der Waals surface area contributed by atoms with Crippen molar-refractivity contribution in [3.8, 4) is 5.69 Å². The zero-order valence-electron chi connectivity index (χ0n) is 14.4. The first-order chi connectivity index (χ1) is 12.2. The number of carbonyl (C=O) groups is 2. The van der Waals surface area contributed by atoms with E-state index in [1.807, 2.05) is 0 Å². The van der Waals surface area contributed by atoms with Gasteiger partial charge < -0.3 is 10.4 Å². The lowest BCUT2D eigenvalue weighted by molar-refractivity contribution is -0.120. The fourth-order valence-corrected chi connectivity index (χ4v) is 4.52. The Morgan fingerprint density at radius 3 is 2.50 bits per heavy atom. The molecule has 1 fully saturated rings. The summed E-state index contributed by atoms with van der Waals surface area (Å²) in [5, 5.41) is 15.9. The van der Waals surface area contributed by atoms with Crippen LogP contribution in [0.3, 0.4) is 0 Å². The number of rotatable bonds is 5. The Labute approximate surface area is 150 Å². The van der Waals surface area contributed by atoms with Crippen molar-refractivity contribution in [1.82, 2.24) is 9.78 Å². The first-order valence-corrected chi connectivity index (χ1v) is 9.94. The summed E-state index contributed by atoms with van der Waals surface area (Å²) in [7, 11) is -3.52. The van der Waals surface area contributed by atoms with Crippen LogP contribution in [0.5, 0.6) is 0 Å². The molecule has 2 N–H and O–H groups in total. The van der Waals surface area contributed by atoms with E-state index in [2.05, 4.69) is 10.4 Å². The second-order valence-corrected chi connectivity index (χ2v) is 8.81. The molecule has 1 aromatic carbocycles. The molecule has 1 amide bonds. The number of carboxylic acids is 1. The van der Waals surface area contributed by atoms with Gasteiger partial charge in [0, 0.05) is 11.9 Å². The lowest BCUT2D eigenvalue weighted by Gasteiger charge is -2.38. The average molecular weight is 377 g/mol. The third kappa shape index (κ3) is 2.88. The van der Waals surface area contributed by atoms with Crippen molar-refractivity contribution in [2.24, 2.45) is 0 Å². The molecular weight excluding hydrogens is 358 g/mol. The summed E-state index contributed by atoms with van der Waals surface area (Å²) in [6.07, 6.45) is 3.68. The number of hydrogen-bond acceptors (Lipinski definition) is 5. The van der Waals surface area contributed by atoms with Crippen LogP contribution >= 0.6 is 0 Å². The summed E-state index contributed by atoms with van der Waals surface area (Å²) >= 11 is 0. The van der Waals surface area contributed by atoms with E-state index in [-0.39, 0.29) is 5.56 Å². The van der Waals surface area contributed by atoms with E-state index in [0.717, 1.165) is 6.26 Å². The zero-order chi connectivity index (χ0) is 19.1. The monoisotopic (exact) mass is 377 g/mol. The molecule has 8 nitrogen and oxygen atoms in total. The number of sulfone groups is 1. The van der Waals surface area contributed by atoms with Gasteiger partial charge in [0.05, 0.1) is 17.6 Å². The number of carbonyl (C=O) groups excluding carboxylic acids is 1. The van der Waals surface area contributed by atoms with Gasteiger partial charge in [0.25, 0.3) is 0 Å². The van der Waals surface area contributed by atoms with Gasteiger partial charge in [-0.15, -0.1) is 0 Å². The number of carboxylic acid groups (broad SMARTS) is 1. The smallest absolute Gasteiger partial charge is 0.339 e. The average Bonchev–Trinajstić information content (AvgIpc) is 2.86. The van der Waals surface area contributed by atoms with Gasteiger partial charge in [-0.1, -0.05) is 6.07 Å². The molecule has 1 heterocycles. The minimum atomic E-state index is -3.52. The fourth-order valence-electron chi connectivity index (χ4n) is 3.10. The molecule has 1 saturated carbocycles. The molecular formula is C17H19N3O5S. The van der Waals surface area contributed by atoms with Gasteiger partial charge in [-0.25, -0.2) is 17.9 Å². The van der Waals surface area contributed by atoms with E-state index in [4.69, 9.17) is 5.11 Å². The number of hydrogen-bond donors (Lipinski definition) is 2. The first-order valence-electron chi connectivity index (χ1n) is 8.05. The van der Waals surface area contributed by atoms with Crippen molar-refractivity contribution in [1.29, 1.82) is 0 Å². The van der Waals surface area contributed by atoms with Crippen LogP contribution in [-0.2, 0) is 14.6 Å². The summed E-state index contributed by atoms with van der Waals surface area (Å²) in [6, 6.07) is 6.67. The highest BCUT2D eigenvalue weighted by Crippen LogP contribution is 2.40. The maximum atomic E-state index is 12.6. The molecule has 3 rings (SSSR count). The molecule has 0 bridgehead atoms. The van der Waals surface area contributed by atoms with Crippen molar-refractivity contribution in [3.05, 3.63) is 41.7 Å². The largest absolute Gasteiger partial charge is 0.478 e. The highest BCUT2D eigenvalue weighted by atomic mass is 32.2. The highest BCUT2D eigenvalue weighted by molar-refractivity contribution is 7.93. The minimum absolute atomic E-state index is 0.0879. The van der Waals surface area contributed by atoms with Gasteiger partial charge in [-0.3, -0.25) is 4.79 Å². The predicted octanol–water partition coefficient (Wildman–Crippen LogP) is 1.78. The molecule has 0 spiro atoms. The summed E-state index contributed by atoms with van der Waals surface area (Å²) in [6.45, 7) is 1.63. The number of nitrogens with one attached hydrogen (secondary N) is 1. The van der Waals surface area contributed by atoms with Gasteiger partial charge in [0.1, 0.15) is 5.56 Å². The van der Waals surface area contributed by atoms with E-state index in [9.17, 15) is 18.0 Å². The molecule has 138 valence electrons. The van der Waals surface area contributed by atoms with Crippen LogP contribution in [0.2, 0.25) is 0 Å². The Bertz CT molecular complexity index is 990. The molecule has 26 heavy (non-hydrogen) atoms. The predicted molar refractivity (Wildman–Crippen MR) is 95.3 cm³/mol. The van der Waals surface area contributed by atoms with Gasteiger partial charge in [0.15, 0.2) is 14.6 Å². The van der Waals surface area contributed by atoms with E-state index < -0.39 is 26.5 Å². The van der Waals surface area contributed by atoms with Crippen molar-refractivity contribution in [2.75, 3.05) is 11.6 Å². The molecule has 0 aliphatic heterocycles. The van der Waals surface area contributed by atoms with Gasteiger partial charge in [-0.2, -0.15) is 5.10 Å². The Balaban J connectivity index is 1.89. The van der Waals surface area contributed by atoms with Crippen LogP contribution in [0.4, 0.5) is 5.69 Å². The van der Waals surface area contributed by atoms with Crippen LogP contribution in [0, 0.1) is 6.92 Å². The number of anilines is 1. The Kier molecular flexibility index (Phi) is 4.35. The van der Waals surface area contributed by atoms with Gasteiger partial charge in [0.2, 0.25) is 5.91 Å². The maximum Gasteiger partial charge on any atom is 0.339 e. The quantitative estimate of drug-likeness (QED) is 0.820. The van der Waals surface area contributed by atoms with Crippen molar-refractivity contribution in [3.63, 3.8) is 0 Å². The Morgan fingerprint density at radius 2 is 2.00 bits per heavy atom. The maximum absolute atomic E-state index is 12.6. The Morgan fingerprint density at radius 1 is 1.31 bits per heavy atom. The van der Waals surface area contributed by atoms with E-state index in [1.165, 1.54) is 10.9 Å². The minimum Gasteiger partial charge on any atom is -0.478 e. The molecule has 0 saturated heterocycles. The lowest BCUT2D eigenvalue weighted by atomic mass is 9.83. The van der Waals surface area contributed by atoms with Crippen LogP contribution < -0.4 is 5.32 Å². The topological polar surface area (TPSA) is 118 Å². The van der Waals surface area contributed by atoms with E-state index in [1.54, 1.807) is 31.2 Å². The number of aromatic nitrogens is 2. The number of benzene rings is 1. The molecule has 9 heteroatoms. The van der Waals surface area contributed by atoms with Gasteiger partial charge >= 0.3 is 5.97 Å². The molecule has 2 aromatic rings. The molecule has 1 aromatic heterocycles. The van der Waals surface area contributed by atoms with Crippen LogP contribution in [-0.4, -0.2) is 46.2 Å². The van der Waals surface area contributed by atoms with Gasteiger partial charge in [-0.05, 0) is 44.4 Å². The van der Waals surface area contributed by atoms with E-state index >= 15 is 0 Å². The highest BCUT2D eigenvalue weighted by Gasteiger charge is 2.52. The third-order valence-corrected chi connectivity index (χ3v) is 6.89. The number of aromatic carboxylic acids is 1. The van der Waals surface area contributed by atoms with Crippen LogP contribution in [0.15, 0.2) is 30.5 Å². The standard InChI is InChI=1S/C17H19N3O5S/c1-11-14(15(21)22)10-18-20(11)13-6-3-5-12(9-13)19-16(23)17(7-4-8-17)26(2,24)25/h3,5-6,9-10H,4,7-8H2,1-2H3,(H,19,23)(H,21,22). The van der Waals surface area contributed by atoms with Crippen molar-refractivity contribution < 1.29 is 23.1 Å². The second-order valence-electron chi connectivity index (χ2n) is 6.49. The van der Waals surface area contributed by atoms with Crippen molar-refractivity contribution in [2.45, 2.75) is 30.9 Å². The number of nitrogens with zero attached hydrogens (tertiary/aromatic N) is 2. The lowest BCUT2D eigenvalue weighted by Crippen LogP contribution is -2.54. The zero-order valence-corrected chi connectivity index (χ0v) is 15.2. The fraction of sp³-hybridized carbons (Fsp3) is 0.353. The summed E-state index contributed by atoms with van der Waals surface area (Å²) in [5.74, 6) is -1.61. The molecule has 0 atom stereocenters. The molecule has 0 radical (unpaired) electrons.